The maximum Gasteiger partial charge on any atom is 0.192 e. The molecular formula is C24H24N4OS. The van der Waals surface area contributed by atoms with Gasteiger partial charge in [0, 0.05) is 28.7 Å². The summed E-state index contributed by atoms with van der Waals surface area (Å²) >= 11 is 1.51. The van der Waals surface area contributed by atoms with Crippen LogP contribution in [0.15, 0.2) is 59.9 Å². The number of thioether (sulfide) groups is 1. The van der Waals surface area contributed by atoms with Gasteiger partial charge in [0.15, 0.2) is 10.9 Å². The first kappa shape index (κ1) is 19.1. The molecule has 1 N–H and O–H groups in total. The molecular weight excluding hydrogens is 392 g/mol. The van der Waals surface area contributed by atoms with E-state index in [0.717, 1.165) is 52.3 Å². The first-order valence-corrected chi connectivity index (χ1v) is 11.3. The lowest BCUT2D eigenvalue weighted by molar-refractivity contribution is 0.0991. The summed E-state index contributed by atoms with van der Waals surface area (Å²) in [5.74, 6) is 1.01. The van der Waals surface area contributed by atoms with Crippen LogP contribution in [-0.2, 0) is 6.42 Å². The van der Waals surface area contributed by atoms with E-state index in [1.165, 1.54) is 17.3 Å². The summed E-state index contributed by atoms with van der Waals surface area (Å²) in [6.07, 6.45) is 5.09. The quantitative estimate of drug-likeness (QED) is 0.311. The van der Waals surface area contributed by atoms with Gasteiger partial charge >= 0.3 is 0 Å². The molecule has 0 saturated heterocycles. The van der Waals surface area contributed by atoms with Gasteiger partial charge in [0.05, 0.1) is 0 Å². The number of aryl methyl sites for hydroxylation is 2. The van der Waals surface area contributed by atoms with E-state index in [0.29, 0.717) is 6.04 Å². The van der Waals surface area contributed by atoms with Crippen molar-refractivity contribution in [2.75, 3.05) is 0 Å². The van der Waals surface area contributed by atoms with Crippen LogP contribution in [0.5, 0.6) is 0 Å². The molecule has 0 unspecified atom stereocenters. The number of carbonyl (C=O) groups is 1. The van der Waals surface area contributed by atoms with Crippen LogP contribution >= 0.6 is 11.8 Å². The van der Waals surface area contributed by atoms with Crippen LogP contribution in [0.1, 0.15) is 58.4 Å². The van der Waals surface area contributed by atoms with Crippen LogP contribution in [0.2, 0.25) is 0 Å². The van der Waals surface area contributed by atoms with Crippen molar-refractivity contribution in [3.8, 4) is 0 Å². The van der Waals surface area contributed by atoms with Crippen LogP contribution in [0.4, 0.5) is 0 Å². The molecule has 0 spiro atoms. The van der Waals surface area contributed by atoms with Crippen LogP contribution in [0.3, 0.4) is 0 Å². The number of hydrogen-bond donors (Lipinski definition) is 1. The summed E-state index contributed by atoms with van der Waals surface area (Å²) in [5, 5.41) is 10.1. The zero-order valence-corrected chi connectivity index (χ0v) is 17.9. The van der Waals surface area contributed by atoms with Gasteiger partial charge in [-0.1, -0.05) is 67.2 Å². The van der Waals surface area contributed by atoms with Gasteiger partial charge in [-0.15, -0.1) is 10.2 Å². The highest BCUT2D eigenvalue weighted by Gasteiger charge is 2.32. The third-order valence-corrected chi connectivity index (χ3v) is 6.97. The maximum absolute atomic E-state index is 13.8. The van der Waals surface area contributed by atoms with Crippen LogP contribution in [0.25, 0.3) is 10.9 Å². The largest absolute Gasteiger partial charge is 0.360 e. The normalized spacial score (nSPS) is 14.9. The Hall–Kier alpha value is -2.86. The van der Waals surface area contributed by atoms with E-state index < -0.39 is 0 Å². The molecule has 152 valence electrons. The van der Waals surface area contributed by atoms with E-state index in [9.17, 15) is 4.79 Å². The molecule has 30 heavy (non-hydrogen) atoms. The summed E-state index contributed by atoms with van der Waals surface area (Å²) in [6.45, 7) is 4.12. The summed E-state index contributed by atoms with van der Waals surface area (Å²) in [7, 11) is 0. The number of Topliss-reactive ketones (excluding diaryl/α,β-unsaturated/α-hetero) is 1. The Morgan fingerprint density at radius 2 is 1.97 bits per heavy atom. The number of aromatic nitrogens is 4. The predicted molar refractivity (Wildman–Crippen MR) is 120 cm³/mol. The number of H-pyrrole nitrogens is 1. The highest BCUT2D eigenvalue weighted by molar-refractivity contribution is 8.00. The number of nitrogens with zero attached hydrogens (tertiary/aromatic N) is 3. The standard InChI is InChI=1S/C24H24N4OS/c1-3-16-10-7-11-19-20(14-25-21(16)19)22(29)23(17-8-5-4-6-9-17)30-24-27-26-15(2)28(24)18-12-13-18/h4-11,14,18,23,25H,3,12-13H2,1-2H3/t23-/m1/s1. The lowest BCUT2D eigenvalue weighted by Gasteiger charge is -2.16. The summed E-state index contributed by atoms with van der Waals surface area (Å²) < 4.78 is 2.19. The minimum atomic E-state index is -0.378. The van der Waals surface area contributed by atoms with E-state index in [1.54, 1.807) is 0 Å². The smallest absolute Gasteiger partial charge is 0.192 e. The fourth-order valence-corrected chi connectivity index (χ4v) is 5.27. The van der Waals surface area contributed by atoms with Gasteiger partial charge in [-0.25, -0.2) is 0 Å². The van der Waals surface area contributed by atoms with Crippen LogP contribution in [-0.4, -0.2) is 25.5 Å². The van der Waals surface area contributed by atoms with E-state index >= 15 is 0 Å². The van der Waals surface area contributed by atoms with Crippen molar-refractivity contribution in [1.29, 1.82) is 0 Å². The van der Waals surface area contributed by atoms with Crippen molar-refractivity contribution >= 4 is 28.4 Å². The molecule has 1 saturated carbocycles. The number of carbonyl (C=O) groups excluding carboxylic acids is 1. The summed E-state index contributed by atoms with van der Waals surface area (Å²) in [6, 6.07) is 16.6. The number of aromatic amines is 1. The molecule has 2 heterocycles. The molecule has 5 rings (SSSR count). The van der Waals surface area contributed by atoms with Gasteiger partial charge in [0.2, 0.25) is 0 Å². The van der Waals surface area contributed by atoms with E-state index in [2.05, 4.69) is 32.7 Å². The van der Waals surface area contributed by atoms with Crippen molar-refractivity contribution in [3.05, 3.63) is 77.2 Å². The first-order valence-electron chi connectivity index (χ1n) is 10.4. The molecule has 1 fully saturated rings. The number of benzene rings is 2. The Morgan fingerprint density at radius 1 is 1.17 bits per heavy atom. The predicted octanol–water partition coefficient (Wildman–Crippen LogP) is 5.68. The topological polar surface area (TPSA) is 63.6 Å². The van der Waals surface area contributed by atoms with Crippen molar-refractivity contribution in [2.45, 2.75) is 49.6 Å². The lowest BCUT2D eigenvalue weighted by Crippen LogP contribution is -2.11. The molecule has 0 amide bonds. The van der Waals surface area contributed by atoms with Crippen molar-refractivity contribution in [3.63, 3.8) is 0 Å². The first-order chi connectivity index (χ1) is 14.7. The molecule has 1 atom stereocenters. The third-order valence-electron chi connectivity index (χ3n) is 5.76. The molecule has 1 aliphatic rings. The molecule has 2 aromatic carbocycles. The minimum Gasteiger partial charge on any atom is -0.360 e. The Bertz CT molecular complexity index is 1210. The maximum atomic E-state index is 13.8. The Labute approximate surface area is 179 Å². The van der Waals surface area contributed by atoms with Crippen molar-refractivity contribution in [1.82, 2.24) is 19.7 Å². The number of hydrogen-bond acceptors (Lipinski definition) is 4. The van der Waals surface area contributed by atoms with Gasteiger partial charge in [-0.2, -0.15) is 0 Å². The lowest BCUT2D eigenvalue weighted by atomic mass is 10.0. The summed E-state index contributed by atoms with van der Waals surface area (Å²) in [4.78, 5) is 17.2. The second kappa shape index (κ2) is 7.76. The monoisotopic (exact) mass is 416 g/mol. The zero-order valence-electron chi connectivity index (χ0n) is 17.1. The number of para-hydroxylation sites is 1. The van der Waals surface area contributed by atoms with Gasteiger partial charge in [0.1, 0.15) is 11.1 Å². The van der Waals surface area contributed by atoms with E-state index in [4.69, 9.17) is 0 Å². The Morgan fingerprint density at radius 3 is 2.70 bits per heavy atom. The Kier molecular flexibility index (Phi) is 4.95. The number of nitrogens with one attached hydrogen (secondary N) is 1. The second-order valence-corrected chi connectivity index (χ2v) is 8.87. The second-order valence-electron chi connectivity index (χ2n) is 7.80. The average molecular weight is 417 g/mol. The van der Waals surface area contributed by atoms with Gasteiger partial charge < -0.3 is 9.55 Å². The van der Waals surface area contributed by atoms with Gasteiger partial charge in [0.25, 0.3) is 0 Å². The molecule has 2 aromatic heterocycles. The molecule has 5 nitrogen and oxygen atoms in total. The van der Waals surface area contributed by atoms with E-state index in [-0.39, 0.29) is 11.0 Å². The number of fused-ring (bicyclic) bond motifs is 1. The van der Waals surface area contributed by atoms with E-state index in [1.807, 2.05) is 55.6 Å². The van der Waals surface area contributed by atoms with Gasteiger partial charge in [-0.05, 0) is 37.3 Å². The number of ketones is 1. The minimum absolute atomic E-state index is 0.0914. The van der Waals surface area contributed by atoms with Crippen LogP contribution < -0.4 is 0 Å². The fourth-order valence-electron chi connectivity index (χ4n) is 4.05. The molecule has 0 aliphatic heterocycles. The zero-order chi connectivity index (χ0) is 20.7. The molecule has 0 radical (unpaired) electrons. The average Bonchev–Trinajstić information content (AvgIpc) is 3.41. The van der Waals surface area contributed by atoms with Crippen molar-refractivity contribution < 1.29 is 4.79 Å². The molecule has 6 heteroatoms. The molecule has 0 bridgehead atoms. The molecule has 1 aliphatic carbocycles. The highest BCUT2D eigenvalue weighted by atomic mass is 32.2. The SMILES string of the molecule is CCc1cccc2c(C(=O)[C@H](Sc3nnc(C)n3C3CC3)c3ccccc3)c[nH]c12. The Balaban J connectivity index is 1.57. The summed E-state index contributed by atoms with van der Waals surface area (Å²) in [5.41, 5.74) is 3.99. The molecule has 4 aromatic rings. The highest BCUT2D eigenvalue weighted by Crippen LogP contribution is 2.43. The fraction of sp³-hybridized carbons (Fsp3) is 0.292. The third kappa shape index (κ3) is 3.35. The van der Waals surface area contributed by atoms with Crippen molar-refractivity contribution in [2.24, 2.45) is 0 Å². The van der Waals surface area contributed by atoms with Gasteiger partial charge in [-0.3, -0.25) is 4.79 Å². The van der Waals surface area contributed by atoms with Crippen LogP contribution in [0, 0.1) is 6.92 Å². The number of rotatable bonds is 7.